The molecule has 0 unspecified atom stereocenters. The molecule has 5 rings (SSSR count). The maximum atomic E-state index is 13.4. The van der Waals surface area contributed by atoms with Crippen molar-refractivity contribution in [1.29, 1.82) is 0 Å². The molecule has 0 aliphatic carbocycles. The fraction of sp³-hybridized carbons (Fsp3) is 0.667. The van der Waals surface area contributed by atoms with E-state index in [0.717, 1.165) is 19.0 Å². The van der Waals surface area contributed by atoms with Gasteiger partial charge in [0.15, 0.2) is 0 Å². The lowest BCUT2D eigenvalue weighted by Gasteiger charge is -2.51. The maximum Gasteiger partial charge on any atom is 0.221 e. The van der Waals surface area contributed by atoms with Crippen molar-refractivity contribution in [3.8, 4) is 0 Å². The molecule has 4 nitrogen and oxygen atoms in total. The Hall–Kier alpha value is -1.46. The molecule has 0 saturated carbocycles. The van der Waals surface area contributed by atoms with Crippen LogP contribution < -0.4 is 5.32 Å². The van der Waals surface area contributed by atoms with E-state index in [1.807, 2.05) is 26.0 Å². The van der Waals surface area contributed by atoms with Crippen molar-refractivity contribution in [2.75, 3.05) is 26.2 Å². The molecule has 4 aliphatic heterocycles. The molecule has 1 aromatic rings. The zero-order chi connectivity index (χ0) is 18.3. The Bertz CT molecular complexity index is 639. The summed E-state index contributed by atoms with van der Waals surface area (Å²) >= 11 is 0. The third-order valence-corrected chi connectivity index (χ3v) is 6.47. The molecule has 0 spiro atoms. The maximum absolute atomic E-state index is 13.4. The summed E-state index contributed by atoms with van der Waals surface area (Å²) < 4.78 is 13.4. The van der Waals surface area contributed by atoms with Crippen LogP contribution in [0.5, 0.6) is 0 Å². The van der Waals surface area contributed by atoms with Crippen molar-refractivity contribution in [2.24, 2.45) is 5.92 Å². The summed E-state index contributed by atoms with van der Waals surface area (Å²) in [7, 11) is 0. The van der Waals surface area contributed by atoms with Gasteiger partial charge in [-0.05, 0) is 63.4 Å². The van der Waals surface area contributed by atoms with E-state index in [0.29, 0.717) is 24.4 Å². The van der Waals surface area contributed by atoms with Gasteiger partial charge in [0.2, 0.25) is 5.91 Å². The van der Waals surface area contributed by atoms with E-state index >= 15 is 0 Å². The van der Waals surface area contributed by atoms with Crippen molar-refractivity contribution >= 4 is 5.91 Å². The van der Waals surface area contributed by atoms with Gasteiger partial charge in [0, 0.05) is 43.6 Å². The molecular formula is C21H30FN3O. The Morgan fingerprint density at radius 2 is 1.88 bits per heavy atom. The number of nitrogens with zero attached hydrogens (tertiary/aromatic N) is 2. The molecule has 5 heteroatoms. The van der Waals surface area contributed by atoms with Crippen molar-refractivity contribution in [2.45, 2.75) is 57.2 Å². The minimum Gasteiger partial charge on any atom is -0.354 e. The van der Waals surface area contributed by atoms with Gasteiger partial charge in [0.05, 0.1) is 0 Å². The van der Waals surface area contributed by atoms with Crippen molar-refractivity contribution in [1.82, 2.24) is 15.1 Å². The second-order valence-corrected chi connectivity index (χ2v) is 8.48. The van der Waals surface area contributed by atoms with Gasteiger partial charge in [-0.15, -0.1) is 0 Å². The summed E-state index contributed by atoms with van der Waals surface area (Å²) in [6.07, 6.45) is 3.10. The fourth-order valence-electron chi connectivity index (χ4n) is 5.44. The topological polar surface area (TPSA) is 35.6 Å². The van der Waals surface area contributed by atoms with Crippen molar-refractivity contribution in [3.63, 3.8) is 0 Å². The van der Waals surface area contributed by atoms with Crippen molar-refractivity contribution < 1.29 is 9.18 Å². The highest BCUT2D eigenvalue weighted by Gasteiger charge is 2.52. The summed E-state index contributed by atoms with van der Waals surface area (Å²) in [6, 6.07) is 8.32. The van der Waals surface area contributed by atoms with E-state index in [-0.39, 0.29) is 17.8 Å². The number of fused-ring (bicyclic) bond motifs is 2. The summed E-state index contributed by atoms with van der Waals surface area (Å²) in [4.78, 5) is 17.3. The van der Waals surface area contributed by atoms with Gasteiger partial charge in [-0.25, -0.2) is 4.39 Å². The first-order chi connectivity index (χ1) is 12.5. The Morgan fingerprint density at radius 3 is 2.54 bits per heavy atom. The summed E-state index contributed by atoms with van der Waals surface area (Å²) in [5.74, 6) is 1.12. The molecule has 1 aromatic carbocycles. The number of hydrogen-bond donors (Lipinski definition) is 1. The Morgan fingerprint density at radius 1 is 1.19 bits per heavy atom. The minimum atomic E-state index is -0.170. The number of hydrogen-bond acceptors (Lipinski definition) is 3. The van der Waals surface area contributed by atoms with Crippen LogP contribution in [-0.4, -0.2) is 60.0 Å². The largest absolute Gasteiger partial charge is 0.354 e. The lowest BCUT2D eigenvalue weighted by atomic mass is 9.75. The van der Waals surface area contributed by atoms with Crippen LogP contribution in [0.3, 0.4) is 0 Å². The monoisotopic (exact) mass is 359 g/mol. The molecule has 0 aromatic heterocycles. The average molecular weight is 359 g/mol. The summed E-state index contributed by atoms with van der Waals surface area (Å²) in [6.45, 7) is 8.17. The number of likely N-dealkylation sites (tertiary alicyclic amines) is 1. The SMILES string of the molecule is CC(C)NC(=O)CCN1C[C@@H](c2ccc(F)cc2)[C@@H]2[C@H]1C1CCN2CC1. The number of rotatable bonds is 5. The van der Waals surface area contributed by atoms with Gasteiger partial charge in [0.1, 0.15) is 5.82 Å². The summed E-state index contributed by atoms with van der Waals surface area (Å²) in [5, 5.41) is 3.00. The normalized spacial score (nSPS) is 33.5. The number of amides is 1. The molecular weight excluding hydrogens is 329 g/mol. The van der Waals surface area contributed by atoms with Crippen LogP contribution in [0.25, 0.3) is 0 Å². The van der Waals surface area contributed by atoms with Gasteiger partial charge >= 0.3 is 0 Å². The zero-order valence-electron chi connectivity index (χ0n) is 15.8. The van der Waals surface area contributed by atoms with Crippen molar-refractivity contribution in [3.05, 3.63) is 35.6 Å². The van der Waals surface area contributed by atoms with Gasteiger partial charge in [0.25, 0.3) is 0 Å². The number of carbonyl (C=O) groups excluding carboxylic acids is 1. The van der Waals surface area contributed by atoms with E-state index in [9.17, 15) is 9.18 Å². The molecule has 2 bridgehead atoms. The average Bonchev–Trinajstić information content (AvgIpc) is 3.03. The quantitative estimate of drug-likeness (QED) is 0.878. The predicted molar refractivity (Wildman–Crippen MR) is 100 cm³/mol. The molecule has 26 heavy (non-hydrogen) atoms. The van der Waals surface area contributed by atoms with Crippen LogP contribution in [0, 0.1) is 11.7 Å². The van der Waals surface area contributed by atoms with E-state index in [1.165, 1.54) is 31.5 Å². The van der Waals surface area contributed by atoms with E-state index in [4.69, 9.17) is 0 Å². The number of halogens is 1. The highest BCUT2D eigenvalue weighted by molar-refractivity contribution is 5.76. The molecule has 0 radical (unpaired) electrons. The standard InChI is InChI=1S/C21H30FN3O/c1-14(2)23-19(26)9-12-25-13-18(15-3-5-17(22)6-4-15)21-20(25)16-7-10-24(21)11-8-16/h3-6,14,16,18,20-21H,7-13H2,1-2H3,(H,23,26)/t18-,20+,21+/m0/s1. The van der Waals surface area contributed by atoms with E-state index in [2.05, 4.69) is 15.1 Å². The molecule has 4 aliphatic rings. The molecule has 4 fully saturated rings. The lowest BCUT2D eigenvalue weighted by Crippen LogP contribution is -2.60. The minimum absolute atomic E-state index is 0.142. The molecule has 1 N–H and O–H groups in total. The van der Waals surface area contributed by atoms with Crippen LogP contribution in [0.2, 0.25) is 0 Å². The van der Waals surface area contributed by atoms with Crippen LogP contribution in [0.4, 0.5) is 4.39 Å². The zero-order valence-corrected chi connectivity index (χ0v) is 15.8. The number of benzene rings is 1. The molecule has 4 saturated heterocycles. The Kier molecular flexibility index (Phi) is 5.02. The first-order valence-electron chi connectivity index (χ1n) is 10.1. The second-order valence-electron chi connectivity index (χ2n) is 8.48. The third kappa shape index (κ3) is 3.39. The van der Waals surface area contributed by atoms with Gasteiger partial charge in [-0.2, -0.15) is 0 Å². The van der Waals surface area contributed by atoms with Gasteiger partial charge < -0.3 is 5.32 Å². The number of piperidine rings is 3. The van der Waals surface area contributed by atoms with Crippen LogP contribution in [-0.2, 0) is 4.79 Å². The van der Waals surface area contributed by atoms with E-state index in [1.54, 1.807) is 12.1 Å². The van der Waals surface area contributed by atoms with Crippen LogP contribution >= 0.6 is 0 Å². The molecule has 4 heterocycles. The van der Waals surface area contributed by atoms with E-state index < -0.39 is 0 Å². The highest BCUT2D eigenvalue weighted by Crippen LogP contribution is 2.46. The predicted octanol–water partition coefficient (Wildman–Crippen LogP) is 2.60. The van der Waals surface area contributed by atoms with Crippen LogP contribution in [0.15, 0.2) is 24.3 Å². The number of nitrogens with one attached hydrogen (secondary N) is 1. The molecule has 1 amide bonds. The lowest BCUT2D eigenvalue weighted by molar-refractivity contribution is -0.122. The Labute approximate surface area is 155 Å². The Balaban J connectivity index is 1.52. The first kappa shape index (κ1) is 17.9. The third-order valence-electron chi connectivity index (χ3n) is 6.47. The van der Waals surface area contributed by atoms with Gasteiger partial charge in [-0.1, -0.05) is 12.1 Å². The summed E-state index contributed by atoms with van der Waals surface area (Å²) in [5.41, 5.74) is 1.24. The second kappa shape index (κ2) is 7.28. The van der Waals surface area contributed by atoms with Crippen LogP contribution in [0.1, 0.15) is 44.6 Å². The number of carbonyl (C=O) groups is 1. The molecule has 142 valence electrons. The fourth-order valence-corrected chi connectivity index (χ4v) is 5.44. The smallest absolute Gasteiger partial charge is 0.221 e. The highest BCUT2D eigenvalue weighted by atomic mass is 19.1. The van der Waals surface area contributed by atoms with Gasteiger partial charge in [-0.3, -0.25) is 14.6 Å². The molecule has 3 atom stereocenters. The first-order valence-corrected chi connectivity index (χ1v) is 10.1.